The highest BCUT2D eigenvalue weighted by atomic mass is 35.5. The van der Waals surface area contributed by atoms with Crippen molar-refractivity contribution >= 4 is 23.2 Å². The SMILES string of the molecule is FC(F)(F)CNC(c1ccc(Cl)c(Cl)c1)C(c1cccnc1)c1cccnc1. The van der Waals surface area contributed by atoms with E-state index in [0.717, 1.165) is 11.1 Å². The Bertz CT molecular complexity index is 866. The second-order valence-corrected chi connectivity index (χ2v) is 7.01. The number of alkyl halides is 3. The Morgan fingerprint density at radius 1 is 0.857 bits per heavy atom. The molecule has 2 heterocycles. The van der Waals surface area contributed by atoms with Crippen molar-refractivity contribution in [1.82, 2.24) is 15.3 Å². The summed E-state index contributed by atoms with van der Waals surface area (Å²) in [5.41, 5.74) is 2.08. The molecule has 0 saturated carbocycles. The molecule has 1 atom stereocenters. The van der Waals surface area contributed by atoms with Crippen LogP contribution < -0.4 is 5.32 Å². The number of halogens is 5. The lowest BCUT2D eigenvalue weighted by Gasteiger charge is -2.30. The van der Waals surface area contributed by atoms with Gasteiger partial charge in [0.05, 0.1) is 16.6 Å². The highest BCUT2D eigenvalue weighted by Crippen LogP contribution is 2.38. The van der Waals surface area contributed by atoms with Crippen LogP contribution in [0.1, 0.15) is 28.7 Å². The Labute approximate surface area is 170 Å². The van der Waals surface area contributed by atoms with Crippen molar-refractivity contribution in [1.29, 1.82) is 0 Å². The molecule has 3 aromatic rings. The number of rotatable bonds is 6. The zero-order valence-electron chi connectivity index (χ0n) is 14.5. The van der Waals surface area contributed by atoms with Crippen LogP contribution in [0.5, 0.6) is 0 Å². The van der Waals surface area contributed by atoms with E-state index < -0.39 is 24.7 Å². The first-order chi connectivity index (χ1) is 13.3. The molecular formula is C20H16Cl2F3N3. The predicted octanol–water partition coefficient (Wildman–Crippen LogP) is 5.81. The van der Waals surface area contributed by atoms with Gasteiger partial charge in [0.15, 0.2) is 0 Å². The van der Waals surface area contributed by atoms with Crippen molar-refractivity contribution in [2.45, 2.75) is 18.1 Å². The van der Waals surface area contributed by atoms with Crippen LogP contribution in [0.2, 0.25) is 10.0 Å². The molecule has 3 nitrogen and oxygen atoms in total. The van der Waals surface area contributed by atoms with Crippen molar-refractivity contribution in [3.8, 4) is 0 Å². The van der Waals surface area contributed by atoms with E-state index >= 15 is 0 Å². The van der Waals surface area contributed by atoms with Crippen molar-refractivity contribution in [2.75, 3.05) is 6.54 Å². The molecule has 3 rings (SSSR count). The monoisotopic (exact) mass is 425 g/mol. The quantitative estimate of drug-likeness (QED) is 0.541. The van der Waals surface area contributed by atoms with Crippen LogP contribution in [0.3, 0.4) is 0 Å². The van der Waals surface area contributed by atoms with E-state index in [2.05, 4.69) is 15.3 Å². The molecule has 0 saturated heterocycles. The van der Waals surface area contributed by atoms with Crippen LogP contribution in [0.4, 0.5) is 13.2 Å². The zero-order valence-corrected chi connectivity index (χ0v) is 16.0. The average molecular weight is 426 g/mol. The molecule has 0 aliphatic carbocycles. The average Bonchev–Trinajstić information content (AvgIpc) is 2.68. The topological polar surface area (TPSA) is 37.8 Å². The molecular weight excluding hydrogens is 410 g/mol. The molecule has 0 aliphatic rings. The maximum atomic E-state index is 13.0. The zero-order chi connectivity index (χ0) is 20.1. The molecule has 0 aliphatic heterocycles. The fourth-order valence-corrected chi connectivity index (χ4v) is 3.36. The second-order valence-electron chi connectivity index (χ2n) is 6.20. The summed E-state index contributed by atoms with van der Waals surface area (Å²) in [5, 5.41) is 3.24. The number of nitrogens with zero attached hydrogens (tertiary/aromatic N) is 2. The van der Waals surface area contributed by atoms with Gasteiger partial charge in [-0.3, -0.25) is 9.97 Å². The highest BCUT2D eigenvalue weighted by Gasteiger charge is 2.33. The Balaban J connectivity index is 2.11. The van der Waals surface area contributed by atoms with Crippen LogP contribution in [-0.4, -0.2) is 22.7 Å². The molecule has 1 N–H and O–H groups in total. The van der Waals surface area contributed by atoms with Gasteiger partial charge < -0.3 is 5.32 Å². The molecule has 1 unspecified atom stereocenters. The number of aromatic nitrogens is 2. The maximum absolute atomic E-state index is 13.0. The maximum Gasteiger partial charge on any atom is 0.401 e. The summed E-state index contributed by atoms with van der Waals surface area (Å²) >= 11 is 12.1. The molecule has 1 aromatic carbocycles. The predicted molar refractivity (Wildman–Crippen MR) is 104 cm³/mol. The van der Waals surface area contributed by atoms with E-state index in [1.165, 1.54) is 0 Å². The van der Waals surface area contributed by atoms with Gasteiger partial charge in [-0.2, -0.15) is 13.2 Å². The van der Waals surface area contributed by atoms with Crippen molar-refractivity contribution in [2.24, 2.45) is 0 Å². The minimum absolute atomic E-state index is 0.272. The number of hydrogen-bond acceptors (Lipinski definition) is 3. The van der Waals surface area contributed by atoms with Gasteiger partial charge in [0, 0.05) is 36.7 Å². The third-order valence-corrected chi connectivity index (χ3v) is 4.98. The summed E-state index contributed by atoms with van der Waals surface area (Å²) in [7, 11) is 0. The van der Waals surface area contributed by atoms with Crippen molar-refractivity contribution in [3.05, 3.63) is 94.0 Å². The molecule has 0 amide bonds. The van der Waals surface area contributed by atoms with Crippen LogP contribution in [0.25, 0.3) is 0 Å². The van der Waals surface area contributed by atoms with E-state index in [4.69, 9.17) is 23.2 Å². The van der Waals surface area contributed by atoms with Crippen molar-refractivity contribution in [3.63, 3.8) is 0 Å². The van der Waals surface area contributed by atoms with E-state index in [1.54, 1.807) is 55.1 Å². The number of hydrogen-bond donors (Lipinski definition) is 1. The molecule has 146 valence electrons. The van der Waals surface area contributed by atoms with E-state index in [-0.39, 0.29) is 5.02 Å². The highest BCUT2D eigenvalue weighted by molar-refractivity contribution is 6.42. The lowest BCUT2D eigenvalue weighted by molar-refractivity contribution is -0.126. The number of pyridine rings is 2. The first-order valence-corrected chi connectivity index (χ1v) is 9.15. The molecule has 0 bridgehead atoms. The van der Waals surface area contributed by atoms with Gasteiger partial charge in [0.25, 0.3) is 0 Å². The number of benzene rings is 1. The summed E-state index contributed by atoms with van der Waals surface area (Å²) in [5.74, 6) is -0.470. The van der Waals surface area contributed by atoms with E-state index in [9.17, 15) is 13.2 Å². The summed E-state index contributed by atoms with van der Waals surface area (Å²) in [6.07, 6.45) is 2.13. The summed E-state index contributed by atoms with van der Waals surface area (Å²) in [6.45, 7) is -1.16. The molecule has 0 fully saturated rings. The first kappa shape index (κ1) is 20.6. The molecule has 0 spiro atoms. The standard InChI is InChI=1S/C20H16Cl2F3N3/c21-16-6-5-13(9-17(16)22)19(28-12-20(23,24)25)18(14-3-1-7-26-10-14)15-4-2-8-27-11-15/h1-11,18-19,28H,12H2. The lowest BCUT2D eigenvalue weighted by Crippen LogP contribution is -2.35. The van der Waals surface area contributed by atoms with Crippen LogP contribution in [0, 0.1) is 0 Å². The second kappa shape index (κ2) is 8.90. The third kappa shape index (κ3) is 5.22. The van der Waals surface area contributed by atoms with Crippen LogP contribution >= 0.6 is 23.2 Å². The van der Waals surface area contributed by atoms with Gasteiger partial charge in [0.1, 0.15) is 0 Å². The van der Waals surface area contributed by atoms with E-state index in [0.29, 0.717) is 10.6 Å². The van der Waals surface area contributed by atoms with Crippen LogP contribution in [0.15, 0.2) is 67.3 Å². The molecule has 8 heteroatoms. The molecule has 28 heavy (non-hydrogen) atoms. The van der Waals surface area contributed by atoms with Gasteiger partial charge in [0.2, 0.25) is 0 Å². The van der Waals surface area contributed by atoms with Gasteiger partial charge in [-0.1, -0.05) is 41.4 Å². The largest absolute Gasteiger partial charge is 0.401 e. The Kier molecular flexibility index (Phi) is 6.54. The molecule has 2 aromatic heterocycles. The Morgan fingerprint density at radius 3 is 1.93 bits per heavy atom. The van der Waals surface area contributed by atoms with Gasteiger partial charge >= 0.3 is 6.18 Å². The van der Waals surface area contributed by atoms with E-state index in [1.807, 2.05) is 12.1 Å². The van der Waals surface area contributed by atoms with Gasteiger partial charge in [-0.15, -0.1) is 0 Å². The minimum atomic E-state index is -4.37. The summed E-state index contributed by atoms with van der Waals surface area (Å²) < 4.78 is 39.0. The van der Waals surface area contributed by atoms with Gasteiger partial charge in [-0.25, -0.2) is 0 Å². The summed E-state index contributed by atoms with van der Waals surface area (Å²) in [6, 6.07) is 11.2. The molecule has 0 radical (unpaired) electrons. The first-order valence-electron chi connectivity index (χ1n) is 8.40. The fraction of sp³-hybridized carbons (Fsp3) is 0.200. The normalized spacial score (nSPS) is 12.9. The fourth-order valence-electron chi connectivity index (χ4n) is 3.06. The van der Waals surface area contributed by atoms with Gasteiger partial charge in [-0.05, 0) is 41.0 Å². The number of nitrogens with one attached hydrogen (secondary N) is 1. The Hall–Kier alpha value is -2.15. The summed E-state index contributed by atoms with van der Waals surface area (Å²) in [4.78, 5) is 8.26. The smallest absolute Gasteiger partial charge is 0.301 e. The Morgan fingerprint density at radius 2 is 1.46 bits per heavy atom. The third-order valence-electron chi connectivity index (χ3n) is 4.25. The minimum Gasteiger partial charge on any atom is -0.301 e. The van der Waals surface area contributed by atoms with Crippen molar-refractivity contribution < 1.29 is 13.2 Å². The lowest BCUT2D eigenvalue weighted by atomic mass is 9.83. The van der Waals surface area contributed by atoms with Crippen LogP contribution in [-0.2, 0) is 0 Å².